The summed E-state index contributed by atoms with van der Waals surface area (Å²) in [6.07, 6.45) is 2.77. The summed E-state index contributed by atoms with van der Waals surface area (Å²) < 4.78 is 0. The van der Waals surface area contributed by atoms with Crippen LogP contribution in [0, 0.1) is 10.1 Å². The van der Waals surface area contributed by atoms with Crippen molar-refractivity contribution in [3.8, 4) is 0 Å². The molecule has 5 nitrogen and oxygen atoms in total. The Bertz CT molecular complexity index is 365. The van der Waals surface area contributed by atoms with E-state index in [1.54, 1.807) is 6.07 Å². The second-order valence-electron chi connectivity index (χ2n) is 2.19. The summed E-state index contributed by atoms with van der Waals surface area (Å²) in [5.41, 5.74) is 7.19. The molecule has 1 heterocycles. The number of pyridine rings is 1. The van der Waals surface area contributed by atoms with Gasteiger partial charge in [0, 0.05) is 11.1 Å². The summed E-state index contributed by atoms with van der Waals surface area (Å²) in [5.74, 6) is -0.354. The van der Waals surface area contributed by atoms with E-state index < -0.39 is 4.92 Å². The molecule has 0 unspecified atom stereocenters. The van der Waals surface area contributed by atoms with Gasteiger partial charge < -0.3 is 15.8 Å². The van der Waals surface area contributed by atoms with Crippen molar-refractivity contribution in [2.24, 2.45) is 0 Å². The fourth-order valence-electron chi connectivity index (χ4n) is 0.835. The third kappa shape index (κ3) is 1.94. The number of anilines is 1. The predicted molar refractivity (Wildman–Crippen MR) is 50.2 cm³/mol. The average molecular weight is 200 g/mol. The van der Waals surface area contributed by atoms with Crippen molar-refractivity contribution < 1.29 is 4.92 Å². The van der Waals surface area contributed by atoms with Crippen LogP contribution in [-0.4, -0.2) is 9.91 Å². The van der Waals surface area contributed by atoms with Gasteiger partial charge in [-0.1, -0.05) is 11.6 Å². The van der Waals surface area contributed by atoms with Crippen LogP contribution in [0.1, 0.15) is 5.56 Å². The van der Waals surface area contributed by atoms with Gasteiger partial charge in [-0.15, -0.1) is 0 Å². The SMILES string of the molecule is Nc1c(C=CCl)ccnc1[N+](=O)[O-]. The van der Waals surface area contributed by atoms with Crippen molar-refractivity contribution in [2.75, 3.05) is 5.73 Å². The van der Waals surface area contributed by atoms with E-state index in [1.807, 2.05) is 0 Å². The summed E-state index contributed by atoms with van der Waals surface area (Å²) in [5, 5.41) is 10.4. The van der Waals surface area contributed by atoms with Crippen LogP contribution in [0.25, 0.3) is 6.08 Å². The zero-order valence-electron chi connectivity index (χ0n) is 6.48. The van der Waals surface area contributed by atoms with E-state index in [2.05, 4.69) is 4.98 Å². The van der Waals surface area contributed by atoms with Gasteiger partial charge in [0.2, 0.25) is 0 Å². The molecular formula is C7H6ClN3O2. The standard InChI is InChI=1S/C7H6ClN3O2/c8-3-1-5-2-4-10-7(6(5)9)11(12)13/h1-4H,9H2. The van der Waals surface area contributed by atoms with Crippen LogP contribution >= 0.6 is 11.6 Å². The van der Waals surface area contributed by atoms with Crippen LogP contribution in [0.4, 0.5) is 11.5 Å². The molecule has 6 heteroatoms. The smallest absolute Gasteiger partial charge is 0.387 e. The molecule has 0 atom stereocenters. The van der Waals surface area contributed by atoms with E-state index in [0.717, 1.165) is 0 Å². The zero-order valence-corrected chi connectivity index (χ0v) is 7.23. The second-order valence-corrected chi connectivity index (χ2v) is 2.44. The first kappa shape index (κ1) is 9.47. The minimum atomic E-state index is -0.638. The van der Waals surface area contributed by atoms with Crippen LogP contribution < -0.4 is 5.73 Å². The first-order chi connectivity index (χ1) is 6.16. The van der Waals surface area contributed by atoms with Gasteiger partial charge in [-0.2, -0.15) is 0 Å². The van der Waals surface area contributed by atoms with Gasteiger partial charge in [-0.25, -0.2) is 0 Å². The Morgan fingerprint density at radius 2 is 2.38 bits per heavy atom. The summed E-state index contributed by atoms with van der Waals surface area (Å²) in [6, 6.07) is 1.54. The molecule has 0 bridgehead atoms. The molecule has 1 aromatic heterocycles. The van der Waals surface area contributed by atoms with Crippen molar-refractivity contribution >= 4 is 29.2 Å². The van der Waals surface area contributed by atoms with Crippen LogP contribution in [-0.2, 0) is 0 Å². The minimum Gasteiger partial charge on any atom is -0.391 e. The number of halogens is 1. The Morgan fingerprint density at radius 3 is 2.92 bits per heavy atom. The molecule has 0 amide bonds. The highest BCUT2D eigenvalue weighted by Gasteiger charge is 2.14. The lowest BCUT2D eigenvalue weighted by Gasteiger charge is -1.98. The second kappa shape index (κ2) is 3.86. The highest BCUT2D eigenvalue weighted by Crippen LogP contribution is 2.22. The number of nitro groups is 1. The molecule has 0 aliphatic heterocycles. The summed E-state index contributed by atoms with van der Waals surface area (Å²) >= 11 is 5.31. The Morgan fingerprint density at radius 1 is 1.69 bits per heavy atom. The van der Waals surface area contributed by atoms with E-state index in [-0.39, 0.29) is 11.5 Å². The first-order valence-electron chi connectivity index (χ1n) is 3.32. The summed E-state index contributed by atoms with van der Waals surface area (Å²) in [7, 11) is 0. The Labute approximate surface area is 79.0 Å². The molecular weight excluding hydrogens is 194 g/mol. The third-order valence-electron chi connectivity index (χ3n) is 1.42. The van der Waals surface area contributed by atoms with Crippen molar-refractivity contribution in [3.05, 3.63) is 33.5 Å². The van der Waals surface area contributed by atoms with Gasteiger partial charge in [-0.3, -0.25) is 0 Å². The van der Waals surface area contributed by atoms with E-state index >= 15 is 0 Å². The van der Waals surface area contributed by atoms with Gasteiger partial charge >= 0.3 is 5.82 Å². The monoisotopic (exact) mass is 199 g/mol. The molecule has 68 valence electrons. The Hall–Kier alpha value is -1.62. The van der Waals surface area contributed by atoms with Crippen molar-refractivity contribution in [1.82, 2.24) is 4.98 Å². The van der Waals surface area contributed by atoms with Gasteiger partial charge in [0.25, 0.3) is 0 Å². The maximum absolute atomic E-state index is 10.4. The van der Waals surface area contributed by atoms with Crippen molar-refractivity contribution in [1.29, 1.82) is 0 Å². The average Bonchev–Trinajstić information content (AvgIpc) is 2.08. The molecule has 0 radical (unpaired) electrons. The van der Waals surface area contributed by atoms with Crippen molar-refractivity contribution in [2.45, 2.75) is 0 Å². The zero-order chi connectivity index (χ0) is 9.84. The van der Waals surface area contributed by atoms with Gasteiger partial charge in [0.15, 0.2) is 0 Å². The van der Waals surface area contributed by atoms with Crippen LogP contribution in [0.5, 0.6) is 0 Å². The van der Waals surface area contributed by atoms with E-state index in [1.165, 1.54) is 17.8 Å². The highest BCUT2D eigenvalue weighted by molar-refractivity contribution is 6.27. The molecule has 0 spiro atoms. The lowest BCUT2D eigenvalue weighted by atomic mass is 10.2. The first-order valence-corrected chi connectivity index (χ1v) is 3.76. The number of aromatic nitrogens is 1. The molecule has 0 saturated heterocycles. The van der Waals surface area contributed by atoms with Gasteiger partial charge in [0.1, 0.15) is 11.9 Å². The number of nitrogens with zero attached hydrogens (tertiary/aromatic N) is 2. The molecule has 0 aliphatic rings. The van der Waals surface area contributed by atoms with E-state index in [0.29, 0.717) is 5.56 Å². The van der Waals surface area contributed by atoms with Gasteiger partial charge in [0.05, 0.1) is 0 Å². The molecule has 0 aromatic carbocycles. The molecule has 1 aromatic rings. The van der Waals surface area contributed by atoms with E-state index in [9.17, 15) is 10.1 Å². The molecule has 13 heavy (non-hydrogen) atoms. The number of nitrogen functional groups attached to an aromatic ring is 1. The maximum atomic E-state index is 10.4. The fourth-order valence-corrected chi connectivity index (χ4v) is 0.971. The summed E-state index contributed by atoms with van der Waals surface area (Å²) in [6.45, 7) is 0. The largest absolute Gasteiger partial charge is 0.391 e. The number of hydrogen-bond acceptors (Lipinski definition) is 4. The molecule has 0 saturated carbocycles. The lowest BCUT2D eigenvalue weighted by molar-refractivity contribution is -0.388. The number of rotatable bonds is 2. The van der Waals surface area contributed by atoms with Crippen molar-refractivity contribution in [3.63, 3.8) is 0 Å². The molecule has 0 aliphatic carbocycles. The Kier molecular flexibility index (Phi) is 2.81. The molecule has 1 rings (SSSR count). The number of hydrogen-bond donors (Lipinski definition) is 1. The fraction of sp³-hybridized carbons (Fsp3) is 0. The minimum absolute atomic E-state index is 0.0180. The molecule has 0 fully saturated rings. The molecule has 2 N–H and O–H groups in total. The van der Waals surface area contributed by atoms with Gasteiger partial charge in [-0.05, 0) is 22.0 Å². The topological polar surface area (TPSA) is 82.0 Å². The van der Waals surface area contributed by atoms with Crippen LogP contribution in [0.3, 0.4) is 0 Å². The lowest BCUT2D eigenvalue weighted by Crippen LogP contribution is -1.99. The number of nitrogens with two attached hydrogens (primary N) is 1. The summed E-state index contributed by atoms with van der Waals surface area (Å²) in [4.78, 5) is 13.3. The van der Waals surface area contributed by atoms with E-state index in [4.69, 9.17) is 17.3 Å². The normalized spacial score (nSPS) is 10.5. The van der Waals surface area contributed by atoms with Crippen LogP contribution in [0.15, 0.2) is 17.8 Å². The third-order valence-corrected chi connectivity index (χ3v) is 1.54. The quantitative estimate of drug-likeness (QED) is 0.581. The predicted octanol–water partition coefficient (Wildman–Crippen LogP) is 1.78. The van der Waals surface area contributed by atoms with Crippen LogP contribution in [0.2, 0.25) is 0 Å². The maximum Gasteiger partial charge on any atom is 0.387 e. The Balaban J connectivity index is 3.26. The highest BCUT2D eigenvalue weighted by atomic mass is 35.5.